The van der Waals surface area contributed by atoms with Crippen molar-refractivity contribution in [2.75, 3.05) is 20.3 Å². The van der Waals surface area contributed by atoms with Crippen molar-refractivity contribution in [3.63, 3.8) is 0 Å². The molecule has 1 N–H and O–H groups in total. The fourth-order valence-corrected chi connectivity index (χ4v) is 3.03. The van der Waals surface area contributed by atoms with Crippen molar-refractivity contribution < 1.29 is 9.47 Å². The van der Waals surface area contributed by atoms with Crippen LogP contribution in [-0.2, 0) is 9.47 Å². The Kier molecular flexibility index (Phi) is 5.75. The minimum Gasteiger partial charge on any atom is -0.381 e. The van der Waals surface area contributed by atoms with E-state index in [0.29, 0.717) is 18.2 Å². The summed E-state index contributed by atoms with van der Waals surface area (Å²) in [6.45, 7) is 2.08. The lowest BCUT2D eigenvalue weighted by molar-refractivity contribution is 0.0100. The van der Waals surface area contributed by atoms with Crippen molar-refractivity contribution >= 4 is 0 Å². The zero-order valence-electron chi connectivity index (χ0n) is 11.1. The van der Waals surface area contributed by atoms with Crippen LogP contribution in [0.2, 0.25) is 0 Å². The summed E-state index contributed by atoms with van der Waals surface area (Å²) >= 11 is 0. The third-order valence-electron chi connectivity index (χ3n) is 4.13. The minimum atomic E-state index is 0.479. The van der Waals surface area contributed by atoms with Gasteiger partial charge in [-0.15, -0.1) is 0 Å². The Morgan fingerprint density at radius 1 is 1.18 bits per heavy atom. The lowest BCUT2D eigenvalue weighted by atomic mass is 9.92. The lowest BCUT2D eigenvalue weighted by Crippen LogP contribution is -2.38. The Labute approximate surface area is 105 Å². The summed E-state index contributed by atoms with van der Waals surface area (Å²) in [4.78, 5) is 0. The van der Waals surface area contributed by atoms with Crippen LogP contribution in [0.3, 0.4) is 0 Å². The monoisotopic (exact) mass is 241 g/mol. The van der Waals surface area contributed by atoms with Gasteiger partial charge in [-0.2, -0.15) is 0 Å². The van der Waals surface area contributed by atoms with E-state index in [-0.39, 0.29) is 0 Å². The van der Waals surface area contributed by atoms with Crippen LogP contribution in [0.1, 0.15) is 51.4 Å². The van der Waals surface area contributed by atoms with E-state index in [0.717, 1.165) is 13.2 Å². The van der Waals surface area contributed by atoms with Crippen LogP contribution in [-0.4, -0.2) is 38.5 Å². The molecule has 3 nitrogen and oxygen atoms in total. The molecule has 1 heterocycles. The largest absolute Gasteiger partial charge is 0.381 e. The Balaban J connectivity index is 1.57. The normalized spacial score (nSPS) is 34.8. The molecule has 0 radical (unpaired) electrons. The SMILES string of the molecule is COC1CCCC(NCCC2CCCCO2)C1. The summed E-state index contributed by atoms with van der Waals surface area (Å²) in [7, 11) is 1.84. The van der Waals surface area contributed by atoms with Crippen molar-refractivity contribution in [1.29, 1.82) is 0 Å². The first-order valence-electron chi connectivity index (χ1n) is 7.26. The molecule has 1 aliphatic carbocycles. The van der Waals surface area contributed by atoms with E-state index in [9.17, 15) is 0 Å². The number of hydrogen-bond acceptors (Lipinski definition) is 3. The Morgan fingerprint density at radius 3 is 2.88 bits per heavy atom. The van der Waals surface area contributed by atoms with E-state index >= 15 is 0 Å². The summed E-state index contributed by atoms with van der Waals surface area (Å²) in [6.07, 6.45) is 11.1. The van der Waals surface area contributed by atoms with Crippen LogP contribution in [0.25, 0.3) is 0 Å². The second-order valence-electron chi connectivity index (χ2n) is 5.45. The Morgan fingerprint density at radius 2 is 2.12 bits per heavy atom. The van der Waals surface area contributed by atoms with Gasteiger partial charge in [0.2, 0.25) is 0 Å². The molecular weight excluding hydrogens is 214 g/mol. The molecule has 3 unspecified atom stereocenters. The van der Waals surface area contributed by atoms with Gasteiger partial charge in [0.15, 0.2) is 0 Å². The van der Waals surface area contributed by atoms with Gasteiger partial charge in [0, 0.05) is 19.8 Å². The molecule has 2 rings (SSSR count). The number of methoxy groups -OCH3 is 1. The molecule has 2 aliphatic rings. The van der Waals surface area contributed by atoms with Crippen molar-refractivity contribution in [2.24, 2.45) is 0 Å². The van der Waals surface area contributed by atoms with Crippen molar-refractivity contribution in [3.05, 3.63) is 0 Å². The highest BCUT2D eigenvalue weighted by Gasteiger charge is 2.21. The second kappa shape index (κ2) is 7.34. The molecule has 0 aromatic heterocycles. The summed E-state index contributed by atoms with van der Waals surface area (Å²) < 4.78 is 11.2. The van der Waals surface area contributed by atoms with Gasteiger partial charge in [0.25, 0.3) is 0 Å². The lowest BCUT2D eigenvalue weighted by Gasteiger charge is -2.30. The van der Waals surface area contributed by atoms with Crippen LogP contribution in [0.15, 0.2) is 0 Å². The highest BCUT2D eigenvalue weighted by atomic mass is 16.5. The molecule has 1 saturated carbocycles. The summed E-state index contributed by atoms with van der Waals surface area (Å²) in [5.41, 5.74) is 0. The topological polar surface area (TPSA) is 30.5 Å². The van der Waals surface area contributed by atoms with Gasteiger partial charge in [0.05, 0.1) is 12.2 Å². The van der Waals surface area contributed by atoms with Crippen LogP contribution < -0.4 is 5.32 Å². The van der Waals surface area contributed by atoms with Crippen molar-refractivity contribution in [3.8, 4) is 0 Å². The zero-order chi connectivity index (χ0) is 11.9. The minimum absolute atomic E-state index is 0.479. The van der Waals surface area contributed by atoms with E-state index in [4.69, 9.17) is 9.47 Å². The quantitative estimate of drug-likeness (QED) is 0.802. The van der Waals surface area contributed by atoms with Gasteiger partial charge in [-0.25, -0.2) is 0 Å². The smallest absolute Gasteiger partial charge is 0.0587 e. The molecule has 100 valence electrons. The fourth-order valence-electron chi connectivity index (χ4n) is 3.03. The molecule has 1 aliphatic heterocycles. The number of hydrogen-bond donors (Lipinski definition) is 1. The van der Waals surface area contributed by atoms with E-state index < -0.39 is 0 Å². The summed E-state index contributed by atoms with van der Waals surface area (Å²) in [6, 6.07) is 0.664. The maximum atomic E-state index is 5.74. The average Bonchev–Trinajstić information content (AvgIpc) is 2.40. The van der Waals surface area contributed by atoms with Gasteiger partial charge in [-0.3, -0.25) is 0 Å². The molecule has 3 heteroatoms. The second-order valence-corrected chi connectivity index (χ2v) is 5.45. The van der Waals surface area contributed by atoms with E-state index in [1.54, 1.807) is 0 Å². The highest BCUT2D eigenvalue weighted by molar-refractivity contribution is 4.78. The van der Waals surface area contributed by atoms with E-state index in [1.807, 2.05) is 7.11 Å². The number of nitrogens with one attached hydrogen (secondary N) is 1. The summed E-state index contributed by atoms with van der Waals surface area (Å²) in [5.74, 6) is 0. The van der Waals surface area contributed by atoms with E-state index in [2.05, 4.69) is 5.32 Å². The number of ether oxygens (including phenoxy) is 2. The van der Waals surface area contributed by atoms with E-state index in [1.165, 1.54) is 51.4 Å². The van der Waals surface area contributed by atoms with Gasteiger partial charge in [0.1, 0.15) is 0 Å². The first-order valence-corrected chi connectivity index (χ1v) is 7.26. The van der Waals surface area contributed by atoms with Gasteiger partial charge >= 0.3 is 0 Å². The third-order valence-corrected chi connectivity index (χ3v) is 4.13. The van der Waals surface area contributed by atoms with Gasteiger partial charge in [-0.05, 0) is 57.9 Å². The Bertz CT molecular complexity index is 204. The molecule has 0 amide bonds. The highest BCUT2D eigenvalue weighted by Crippen LogP contribution is 2.21. The van der Waals surface area contributed by atoms with Crippen LogP contribution >= 0.6 is 0 Å². The van der Waals surface area contributed by atoms with Crippen LogP contribution in [0, 0.1) is 0 Å². The fraction of sp³-hybridized carbons (Fsp3) is 1.00. The van der Waals surface area contributed by atoms with Gasteiger partial charge < -0.3 is 14.8 Å². The third kappa shape index (κ3) is 4.57. The first-order chi connectivity index (χ1) is 8.38. The predicted molar refractivity (Wildman–Crippen MR) is 69.3 cm³/mol. The molecule has 2 fully saturated rings. The molecule has 0 spiro atoms. The van der Waals surface area contributed by atoms with Gasteiger partial charge in [-0.1, -0.05) is 0 Å². The predicted octanol–water partition coefficient (Wildman–Crippen LogP) is 2.49. The Hall–Kier alpha value is -0.120. The standard InChI is InChI=1S/C14H27NO2/c1-16-14-7-4-5-12(11-14)15-9-8-13-6-2-3-10-17-13/h12-15H,2-11H2,1H3. The molecule has 0 bridgehead atoms. The van der Waals surface area contributed by atoms with Crippen LogP contribution in [0.5, 0.6) is 0 Å². The molecule has 1 saturated heterocycles. The molecular formula is C14H27NO2. The maximum absolute atomic E-state index is 5.74. The van der Waals surface area contributed by atoms with Crippen molar-refractivity contribution in [2.45, 2.75) is 69.6 Å². The molecule has 0 aromatic rings. The van der Waals surface area contributed by atoms with Crippen molar-refractivity contribution in [1.82, 2.24) is 5.32 Å². The van der Waals surface area contributed by atoms with Crippen LogP contribution in [0.4, 0.5) is 0 Å². The molecule has 17 heavy (non-hydrogen) atoms. The maximum Gasteiger partial charge on any atom is 0.0587 e. The molecule has 0 aromatic carbocycles. The zero-order valence-corrected chi connectivity index (χ0v) is 11.1. The average molecular weight is 241 g/mol. The molecule has 3 atom stereocenters. The number of rotatable bonds is 5. The first kappa shape index (κ1) is 13.3. The summed E-state index contributed by atoms with van der Waals surface area (Å²) in [5, 5.41) is 3.67.